The van der Waals surface area contributed by atoms with Crippen LogP contribution in [0.1, 0.15) is 11.1 Å². The van der Waals surface area contributed by atoms with Crippen molar-refractivity contribution in [3.05, 3.63) is 29.3 Å². The zero-order chi connectivity index (χ0) is 15.3. The second-order valence-electron chi connectivity index (χ2n) is 4.37. The maximum Gasteiger partial charge on any atom is 0.416 e. The van der Waals surface area contributed by atoms with Crippen LogP contribution in [0, 0.1) is 13.8 Å². The smallest absolute Gasteiger partial charge is 0.416 e. The number of nitrogens with one attached hydrogen (secondary N) is 1. The van der Waals surface area contributed by atoms with Gasteiger partial charge in [-0.2, -0.15) is 13.2 Å². The summed E-state index contributed by atoms with van der Waals surface area (Å²) in [7, 11) is 0. The number of benzene rings is 1. The van der Waals surface area contributed by atoms with Gasteiger partial charge in [0.15, 0.2) is 12.7 Å². The lowest BCUT2D eigenvalue weighted by Gasteiger charge is -2.16. The molecule has 1 amide bonds. The van der Waals surface area contributed by atoms with E-state index in [9.17, 15) is 18.0 Å². The van der Waals surface area contributed by atoms with Gasteiger partial charge in [0.05, 0.1) is 6.54 Å². The predicted molar refractivity (Wildman–Crippen MR) is 66.5 cm³/mol. The third-order valence-corrected chi connectivity index (χ3v) is 2.63. The number of aryl methyl sites for hydroxylation is 2. The maximum absolute atomic E-state index is 12.0. The Morgan fingerprint density at radius 3 is 2.40 bits per heavy atom. The van der Waals surface area contributed by atoms with Crippen molar-refractivity contribution >= 4 is 5.91 Å². The number of rotatable bonds is 5. The molecule has 0 aromatic heterocycles. The lowest BCUT2D eigenvalue weighted by molar-refractivity contribution is -0.201. The van der Waals surface area contributed by atoms with Crippen LogP contribution in [0.15, 0.2) is 18.2 Å². The van der Waals surface area contributed by atoms with E-state index in [-0.39, 0.29) is 0 Å². The Hall–Kier alpha value is -1.76. The van der Waals surface area contributed by atoms with Gasteiger partial charge in [-0.05, 0) is 25.0 Å². The number of ether oxygens (including phenoxy) is 1. The molecule has 0 saturated heterocycles. The average Bonchev–Trinajstić information content (AvgIpc) is 2.34. The summed E-state index contributed by atoms with van der Waals surface area (Å²) < 4.78 is 41.3. The van der Waals surface area contributed by atoms with Crippen LogP contribution >= 0.6 is 0 Å². The molecule has 7 heteroatoms. The molecule has 0 fully saturated rings. The molecular formula is C13H16F3NO3. The minimum Gasteiger partial charge on any atom is -0.483 e. The molecule has 0 aliphatic heterocycles. The number of alkyl halides is 3. The number of carbonyl (C=O) groups excluding carboxylic acids is 1. The summed E-state index contributed by atoms with van der Waals surface area (Å²) in [4.78, 5) is 11.4. The Balaban J connectivity index is 2.45. The lowest BCUT2D eigenvalue weighted by Crippen LogP contribution is -2.42. The second-order valence-corrected chi connectivity index (χ2v) is 4.37. The molecule has 20 heavy (non-hydrogen) atoms. The van der Waals surface area contributed by atoms with Crippen LogP contribution in [0.5, 0.6) is 5.75 Å². The minimum absolute atomic E-state index is 0.406. The topological polar surface area (TPSA) is 58.6 Å². The van der Waals surface area contributed by atoms with Crippen LogP contribution in [-0.2, 0) is 4.79 Å². The van der Waals surface area contributed by atoms with Gasteiger partial charge >= 0.3 is 6.18 Å². The molecule has 112 valence electrons. The number of halogens is 3. The standard InChI is InChI=1S/C13H16F3NO3/c1-8-4-3-5-9(2)12(8)20-7-11(19)17-6-10(18)13(14,15)16/h3-5,10,18H,6-7H2,1-2H3,(H,17,19). The van der Waals surface area contributed by atoms with E-state index < -0.39 is 31.3 Å². The SMILES string of the molecule is Cc1cccc(C)c1OCC(=O)NCC(O)C(F)(F)F. The summed E-state index contributed by atoms with van der Waals surface area (Å²) in [5.74, 6) is -0.199. The molecule has 1 aromatic carbocycles. The molecule has 1 unspecified atom stereocenters. The fraction of sp³-hybridized carbons (Fsp3) is 0.462. The Kier molecular flexibility index (Phi) is 5.38. The zero-order valence-corrected chi connectivity index (χ0v) is 11.1. The highest BCUT2D eigenvalue weighted by atomic mass is 19.4. The molecule has 4 nitrogen and oxygen atoms in total. The molecular weight excluding hydrogens is 275 g/mol. The van der Waals surface area contributed by atoms with Crippen LogP contribution in [0.2, 0.25) is 0 Å². The molecule has 1 aromatic rings. The molecule has 0 spiro atoms. The number of para-hydroxylation sites is 1. The number of hydrogen-bond acceptors (Lipinski definition) is 3. The molecule has 0 aliphatic carbocycles. The van der Waals surface area contributed by atoms with Gasteiger partial charge < -0.3 is 15.2 Å². The van der Waals surface area contributed by atoms with Gasteiger partial charge in [-0.25, -0.2) is 0 Å². The zero-order valence-electron chi connectivity index (χ0n) is 11.1. The summed E-state index contributed by atoms with van der Waals surface area (Å²) in [6.45, 7) is 2.30. The quantitative estimate of drug-likeness (QED) is 0.868. The van der Waals surface area contributed by atoms with E-state index >= 15 is 0 Å². The van der Waals surface area contributed by atoms with Crippen molar-refractivity contribution in [2.75, 3.05) is 13.2 Å². The van der Waals surface area contributed by atoms with Crippen molar-refractivity contribution in [3.8, 4) is 5.75 Å². The van der Waals surface area contributed by atoms with Gasteiger partial charge in [-0.15, -0.1) is 0 Å². The molecule has 1 rings (SSSR count). The van der Waals surface area contributed by atoms with Crippen molar-refractivity contribution in [2.24, 2.45) is 0 Å². The molecule has 0 radical (unpaired) electrons. The number of hydrogen-bond donors (Lipinski definition) is 2. The fourth-order valence-electron chi connectivity index (χ4n) is 1.54. The second kappa shape index (κ2) is 6.60. The summed E-state index contributed by atoms with van der Waals surface area (Å²) in [6, 6.07) is 5.43. The Morgan fingerprint density at radius 1 is 1.35 bits per heavy atom. The summed E-state index contributed by atoms with van der Waals surface area (Å²) in [5, 5.41) is 10.7. The monoisotopic (exact) mass is 291 g/mol. The van der Waals surface area contributed by atoms with Gasteiger partial charge in [0, 0.05) is 0 Å². The number of amides is 1. The van der Waals surface area contributed by atoms with Crippen molar-refractivity contribution in [1.29, 1.82) is 0 Å². The van der Waals surface area contributed by atoms with Gasteiger partial charge in [0.25, 0.3) is 5.91 Å². The third-order valence-electron chi connectivity index (χ3n) is 2.63. The summed E-state index contributed by atoms with van der Waals surface area (Å²) in [5.41, 5.74) is 1.65. The molecule has 2 N–H and O–H groups in total. The normalized spacial score (nSPS) is 12.9. The van der Waals surface area contributed by atoms with Crippen LogP contribution in [0.25, 0.3) is 0 Å². The third kappa shape index (κ3) is 4.73. The van der Waals surface area contributed by atoms with Gasteiger partial charge in [-0.1, -0.05) is 18.2 Å². The highest BCUT2D eigenvalue weighted by Crippen LogP contribution is 2.22. The first-order chi connectivity index (χ1) is 9.21. The van der Waals surface area contributed by atoms with Crippen molar-refractivity contribution < 1.29 is 27.8 Å². The Morgan fingerprint density at radius 2 is 1.90 bits per heavy atom. The van der Waals surface area contributed by atoms with Crippen LogP contribution < -0.4 is 10.1 Å². The van der Waals surface area contributed by atoms with Gasteiger partial charge in [-0.3, -0.25) is 4.79 Å². The first-order valence-corrected chi connectivity index (χ1v) is 5.92. The van der Waals surface area contributed by atoms with Crippen LogP contribution in [0.3, 0.4) is 0 Å². The largest absolute Gasteiger partial charge is 0.483 e. The molecule has 0 heterocycles. The summed E-state index contributed by atoms with van der Waals surface area (Å²) in [6.07, 6.45) is -7.33. The molecule has 0 saturated carbocycles. The highest BCUT2D eigenvalue weighted by molar-refractivity contribution is 5.77. The highest BCUT2D eigenvalue weighted by Gasteiger charge is 2.38. The van der Waals surface area contributed by atoms with E-state index in [1.54, 1.807) is 26.0 Å². The number of aliphatic hydroxyl groups excluding tert-OH is 1. The average molecular weight is 291 g/mol. The molecule has 0 bridgehead atoms. The number of aliphatic hydroxyl groups is 1. The first-order valence-electron chi connectivity index (χ1n) is 5.92. The molecule has 1 atom stereocenters. The minimum atomic E-state index is -4.75. The van der Waals surface area contributed by atoms with Crippen molar-refractivity contribution in [3.63, 3.8) is 0 Å². The van der Waals surface area contributed by atoms with E-state index in [4.69, 9.17) is 9.84 Å². The van der Waals surface area contributed by atoms with Crippen molar-refractivity contribution in [1.82, 2.24) is 5.32 Å². The van der Waals surface area contributed by atoms with Gasteiger partial charge in [0.2, 0.25) is 0 Å². The van der Waals surface area contributed by atoms with Crippen LogP contribution in [0.4, 0.5) is 13.2 Å². The lowest BCUT2D eigenvalue weighted by atomic mass is 10.1. The van der Waals surface area contributed by atoms with Crippen molar-refractivity contribution in [2.45, 2.75) is 26.1 Å². The maximum atomic E-state index is 12.0. The fourth-order valence-corrected chi connectivity index (χ4v) is 1.54. The first kappa shape index (κ1) is 16.3. The van der Waals surface area contributed by atoms with Crippen LogP contribution in [-0.4, -0.2) is 36.4 Å². The number of carbonyl (C=O) groups is 1. The molecule has 0 aliphatic rings. The Labute approximate surface area is 114 Å². The van der Waals surface area contributed by atoms with E-state index in [1.807, 2.05) is 11.4 Å². The van der Waals surface area contributed by atoms with E-state index in [0.29, 0.717) is 5.75 Å². The van der Waals surface area contributed by atoms with Gasteiger partial charge in [0.1, 0.15) is 5.75 Å². The van der Waals surface area contributed by atoms with E-state index in [0.717, 1.165) is 11.1 Å². The van der Waals surface area contributed by atoms with E-state index in [1.165, 1.54) is 0 Å². The van der Waals surface area contributed by atoms with E-state index in [2.05, 4.69) is 0 Å². The summed E-state index contributed by atoms with van der Waals surface area (Å²) >= 11 is 0. The predicted octanol–water partition coefficient (Wildman–Crippen LogP) is 1.72. The Bertz CT molecular complexity index is 454.